The van der Waals surface area contributed by atoms with Crippen LogP contribution in [0.3, 0.4) is 0 Å². The Hall–Kier alpha value is -3.37. The molecule has 2 aromatic rings. The van der Waals surface area contributed by atoms with Crippen LogP contribution < -0.4 is 24.3 Å². The van der Waals surface area contributed by atoms with Gasteiger partial charge in [0, 0.05) is 24.2 Å². The van der Waals surface area contributed by atoms with Crippen molar-refractivity contribution in [2.75, 3.05) is 27.9 Å². The van der Waals surface area contributed by atoms with Crippen molar-refractivity contribution in [3.63, 3.8) is 0 Å². The Bertz CT molecular complexity index is 982. The third kappa shape index (κ3) is 5.58. The van der Waals surface area contributed by atoms with Crippen LogP contribution in [0, 0.1) is 11.3 Å². The fourth-order valence-electron chi connectivity index (χ4n) is 2.66. The predicted octanol–water partition coefficient (Wildman–Crippen LogP) is 3.99. The molecule has 158 valence electrons. The molecular formula is C22H23ClN2O5. The van der Waals surface area contributed by atoms with Gasteiger partial charge in [-0.2, -0.15) is 5.26 Å². The van der Waals surface area contributed by atoms with Crippen LogP contribution >= 0.6 is 11.6 Å². The topological polar surface area (TPSA) is 89.8 Å². The van der Waals surface area contributed by atoms with Crippen LogP contribution in [0.2, 0.25) is 5.02 Å². The Morgan fingerprint density at radius 1 is 1.10 bits per heavy atom. The SMILES string of the molecule is CCOc1cc(/C=C(\C#N)C(=O)NCc2ccc(OC)cc2OC)c(Cl)cc1OC. The van der Waals surface area contributed by atoms with Crippen LogP contribution in [0.1, 0.15) is 18.1 Å². The number of methoxy groups -OCH3 is 3. The highest BCUT2D eigenvalue weighted by Crippen LogP contribution is 2.34. The maximum atomic E-state index is 12.6. The predicted molar refractivity (Wildman–Crippen MR) is 114 cm³/mol. The number of carbonyl (C=O) groups is 1. The molecule has 0 aliphatic heterocycles. The molecule has 0 bridgehead atoms. The lowest BCUT2D eigenvalue weighted by molar-refractivity contribution is -0.117. The highest BCUT2D eigenvalue weighted by molar-refractivity contribution is 6.32. The zero-order valence-corrected chi connectivity index (χ0v) is 18.0. The van der Waals surface area contributed by atoms with Crippen LogP contribution in [0.4, 0.5) is 0 Å². The van der Waals surface area contributed by atoms with Crippen LogP contribution in [0.15, 0.2) is 35.9 Å². The molecule has 0 radical (unpaired) electrons. The van der Waals surface area contributed by atoms with Crippen LogP contribution in [0.25, 0.3) is 6.08 Å². The number of nitrogens with zero attached hydrogens (tertiary/aromatic N) is 1. The van der Waals surface area contributed by atoms with E-state index in [4.69, 9.17) is 30.5 Å². The number of carbonyl (C=O) groups excluding carboxylic acids is 1. The van der Waals surface area contributed by atoms with Gasteiger partial charge in [0.05, 0.1) is 33.0 Å². The van der Waals surface area contributed by atoms with Gasteiger partial charge in [-0.05, 0) is 36.8 Å². The van der Waals surface area contributed by atoms with Crippen molar-refractivity contribution in [1.82, 2.24) is 5.32 Å². The quantitative estimate of drug-likeness (QED) is 0.478. The monoisotopic (exact) mass is 430 g/mol. The number of nitriles is 1. The molecule has 8 heteroatoms. The molecule has 0 aliphatic carbocycles. The summed E-state index contributed by atoms with van der Waals surface area (Å²) in [5, 5.41) is 12.5. The Morgan fingerprint density at radius 3 is 2.43 bits per heavy atom. The molecule has 0 spiro atoms. The van der Waals surface area contributed by atoms with Gasteiger partial charge in [-0.3, -0.25) is 4.79 Å². The van der Waals surface area contributed by atoms with Crippen molar-refractivity contribution in [3.8, 4) is 29.1 Å². The van der Waals surface area contributed by atoms with E-state index >= 15 is 0 Å². The van der Waals surface area contributed by atoms with Gasteiger partial charge in [-0.15, -0.1) is 0 Å². The molecule has 0 unspecified atom stereocenters. The first kappa shape index (κ1) is 22.9. The first-order chi connectivity index (χ1) is 14.5. The number of hydrogen-bond acceptors (Lipinski definition) is 6. The van der Waals surface area contributed by atoms with E-state index in [1.165, 1.54) is 20.3 Å². The minimum atomic E-state index is -0.541. The van der Waals surface area contributed by atoms with E-state index < -0.39 is 5.91 Å². The summed E-state index contributed by atoms with van der Waals surface area (Å²) >= 11 is 6.28. The van der Waals surface area contributed by atoms with Crippen LogP contribution in [-0.2, 0) is 11.3 Å². The molecule has 30 heavy (non-hydrogen) atoms. The lowest BCUT2D eigenvalue weighted by atomic mass is 10.1. The minimum absolute atomic E-state index is 0.100. The molecule has 0 aromatic heterocycles. The molecule has 7 nitrogen and oxygen atoms in total. The Labute approximate surface area is 180 Å². The van der Waals surface area contributed by atoms with Gasteiger partial charge in [0.15, 0.2) is 11.5 Å². The highest BCUT2D eigenvalue weighted by Gasteiger charge is 2.14. The normalized spacial score (nSPS) is 10.7. The van der Waals surface area contributed by atoms with E-state index in [9.17, 15) is 10.1 Å². The standard InChI is InChI=1S/C22H23ClN2O5/c1-5-30-21-9-15(18(23)11-20(21)29-4)8-16(12-24)22(26)25-13-14-6-7-17(27-2)10-19(14)28-3/h6-11H,5,13H2,1-4H3,(H,25,26)/b16-8+. The maximum absolute atomic E-state index is 12.6. The number of nitrogens with one attached hydrogen (secondary N) is 1. The zero-order chi connectivity index (χ0) is 22.1. The summed E-state index contributed by atoms with van der Waals surface area (Å²) in [5.41, 5.74) is 1.11. The highest BCUT2D eigenvalue weighted by atomic mass is 35.5. The lowest BCUT2D eigenvalue weighted by Gasteiger charge is -2.12. The van der Waals surface area contributed by atoms with Crippen molar-refractivity contribution in [1.29, 1.82) is 5.26 Å². The molecule has 2 rings (SSSR count). The van der Waals surface area contributed by atoms with E-state index in [1.807, 2.05) is 13.0 Å². The summed E-state index contributed by atoms with van der Waals surface area (Å²) in [7, 11) is 4.59. The van der Waals surface area contributed by atoms with Gasteiger partial charge in [-0.25, -0.2) is 0 Å². The molecule has 0 atom stereocenters. The van der Waals surface area contributed by atoms with Gasteiger partial charge < -0.3 is 24.3 Å². The number of amides is 1. The van der Waals surface area contributed by atoms with Crippen molar-refractivity contribution >= 4 is 23.6 Å². The van der Waals surface area contributed by atoms with E-state index in [0.717, 1.165) is 5.56 Å². The molecular weight excluding hydrogens is 408 g/mol. The van der Waals surface area contributed by atoms with E-state index in [2.05, 4.69) is 5.32 Å². The summed E-state index contributed by atoms with van der Waals surface area (Å²) in [6.07, 6.45) is 1.41. The number of ether oxygens (including phenoxy) is 4. The summed E-state index contributed by atoms with van der Waals surface area (Å²) in [4.78, 5) is 12.6. The fourth-order valence-corrected chi connectivity index (χ4v) is 2.87. The molecule has 0 heterocycles. The Balaban J connectivity index is 2.24. The largest absolute Gasteiger partial charge is 0.497 e. The van der Waals surface area contributed by atoms with Gasteiger partial charge >= 0.3 is 0 Å². The van der Waals surface area contributed by atoms with Crippen molar-refractivity contribution < 1.29 is 23.7 Å². The smallest absolute Gasteiger partial charge is 0.262 e. The summed E-state index contributed by atoms with van der Waals surface area (Å²) < 4.78 is 21.3. The van der Waals surface area contributed by atoms with E-state index in [0.29, 0.717) is 40.2 Å². The fraction of sp³-hybridized carbons (Fsp3) is 0.273. The zero-order valence-electron chi connectivity index (χ0n) is 17.2. The van der Waals surface area contributed by atoms with Gasteiger partial charge in [0.25, 0.3) is 5.91 Å². The second-order valence-electron chi connectivity index (χ2n) is 5.99. The summed E-state index contributed by atoms with van der Waals surface area (Å²) in [6, 6.07) is 10.4. The number of hydrogen-bond donors (Lipinski definition) is 1. The first-order valence-corrected chi connectivity index (χ1v) is 9.46. The third-order valence-corrected chi connectivity index (χ3v) is 4.51. The second-order valence-corrected chi connectivity index (χ2v) is 6.40. The average Bonchev–Trinajstić information content (AvgIpc) is 2.77. The molecule has 0 aliphatic rings. The molecule has 0 saturated carbocycles. The van der Waals surface area contributed by atoms with Crippen molar-refractivity contribution in [2.45, 2.75) is 13.5 Å². The number of rotatable bonds is 9. The number of benzene rings is 2. The van der Waals surface area contributed by atoms with E-state index in [-0.39, 0.29) is 12.1 Å². The minimum Gasteiger partial charge on any atom is -0.497 e. The molecule has 0 fully saturated rings. The summed E-state index contributed by atoms with van der Waals surface area (Å²) in [6.45, 7) is 2.44. The third-order valence-electron chi connectivity index (χ3n) is 4.18. The van der Waals surface area contributed by atoms with Gasteiger partial charge in [0.2, 0.25) is 0 Å². The molecule has 2 aromatic carbocycles. The Kier molecular flexibility index (Phi) is 8.39. The second kappa shape index (κ2) is 11.0. The molecule has 1 N–H and O–H groups in total. The maximum Gasteiger partial charge on any atom is 0.262 e. The average molecular weight is 431 g/mol. The molecule has 1 amide bonds. The lowest BCUT2D eigenvalue weighted by Crippen LogP contribution is -2.24. The van der Waals surface area contributed by atoms with Crippen LogP contribution in [0.5, 0.6) is 23.0 Å². The molecule has 0 saturated heterocycles. The Morgan fingerprint density at radius 2 is 1.83 bits per heavy atom. The van der Waals surface area contributed by atoms with Gasteiger partial charge in [0.1, 0.15) is 23.1 Å². The van der Waals surface area contributed by atoms with Crippen molar-refractivity contribution in [2.24, 2.45) is 0 Å². The van der Waals surface area contributed by atoms with Crippen LogP contribution in [-0.4, -0.2) is 33.8 Å². The summed E-state index contributed by atoms with van der Waals surface area (Å²) in [5.74, 6) is 1.60. The first-order valence-electron chi connectivity index (χ1n) is 9.08. The number of halogens is 1. The van der Waals surface area contributed by atoms with Gasteiger partial charge in [-0.1, -0.05) is 11.6 Å². The van der Waals surface area contributed by atoms with Crippen molar-refractivity contribution in [3.05, 3.63) is 52.1 Å². The van der Waals surface area contributed by atoms with E-state index in [1.54, 1.807) is 37.4 Å².